The lowest BCUT2D eigenvalue weighted by molar-refractivity contribution is -0.145. The minimum Gasteiger partial charge on any atom is -0.469 e. The second kappa shape index (κ2) is 8.42. The van der Waals surface area contributed by atoms with E-state index >= 15 is 0 Å². The Labute approximate surface area is 147 Å². The fraction of sp³-hybridized carbons (Fsp3) is 0.300. The van der Waals surface area contributed by atoms with Crippen molar-refractivity contribution in [2.45, 2.75) is 19.9 Å². The summed E-state index contributed by atoms with van der Waals surface area (Å²) in [7, 11) is 1.32. The molecular weight excluding hydrogens is 321 g/mol. The number of carbonyl (C=O) groups is 2. The summed E-state index contributed by atoms with van der Waals surface area (Å²) in [5.74, 6) is -1.68. The maximum atomic E-state index is 13.5. The maximum absolute atomic E-state index is 13.5. The first-order valence-corrected chi connectivity index (χ1v) is 8.13. The minimum atomic E-state index is -0.492. The molecular formula is C20H22FNO3. The van der Waals surface area contributed by atoms with Crippen molar-refractivity contribution in [1.82, 2.24) is 4.90 Å². The van der Waals surface area contributed by atoms with Crippen LogP contribution in [0.5, 0.6) is 0 Å². The molecule has 0 radical (unpaired) electrons. The number of rotatable bonds is 6. The number of esters is 1. The number of benzene rings is 2. The third kappa shape index (κ3) is 4.66. The third-order valence-corrected chi connectivity index (χ3v) is 4.16. The smallest absolute Gasteiger partial charge is 0.310 e. The van der Waals surface area contributed by atoms with E-state index in [0.717, 1.165) is 5.56 Å². The van der Waals surface area contributed by atoms with E-state index in [9.17, 15) is 14.0 Å². The van der Waals surface area contributed by atoms with Crippen LogP contribution in [0.4, 0.5) is 4.39 Å². The standard InChI is InChI=1S/C20H22FNO3/c1-14(20(24)25-3)13-22(15(2)16-8-5-4-6-9-16)19(23)17-10-7-11-18(21)12-17/h4-12,14-15H,13H2,1-3H3. The molecule has 0 aliphatic rings. The molecule has 0 heterocycles. The topological polar surface area (TPSA) is 46.6 Å². The molecule has 2 unspecified atom stereocenters. The van der Waals surface area contributed by atoms with E-state index < -0.39 is 17.7 Å². The number of halogens is 1. The molecule has 0 saturated heterocycles. The monoisotopic (exact) mass is 343 g/mol. The quantitative estimate of drug-likeness (QED) is 0.749. The number of hydrogen-bond acceptors (Lipinski definition) is 3. The van der Waals surface area contributed by atoms with Gasteiger partial charge in [-0.3, -0.25) is 9.59 Å². The largest absolute Gasteiger partial charge is 0.469 e. The van der Waals surface area contributed by atoms with Crippen LogP contribution < -0.4 is 0 Å². The average molecular weight is 343 g/mol. The van der Waals surface area contributed by atoms with Crippen LogP contribution in [0.15, 0.2) is 54.6 Å². The molecule has 0 saturated carbocycles. The predicted octanol–water partition coefficient (Wildman–Crippen LogP) is 3.84. The van der Waals surface area contributed by atoms with Gasteiger partial charge in [0.25, 0.3) is 5.91 Å². The van der Waals surface area contributed by atoms with Gasteiger partial charge in [0.15, 0.2) is 0 Å². The van der Waals surface area contributed by atoms with Gasteiger partial charge >= 0.3 is 5.97 Å². The van der Waals surface area contributed by atoms with E-state index in [0.29, 0.717) is 0 Å². The molecule has 132 valence electrons. The first-order valence-electron chi connectivity index (χ1n) is 8.13. The number of ether oxygens (including phenoxy) is 1. The van der Waals surface area contributed by atoms with Gasteiger partial charge in [0.05, 0.1) is 19.1 Å². The first-order chi connectivity index (χ1) is 11.9. The average Bonchev–Trinajstić information content (AvgIpc) is 2.64. The second-order valence-electron chi connectivity index (χ2n) is 5.98. The zero-order valence-electron chi connectivity index (χ0n) is 14.6. The van der Waals surface area contributed by atoms with Gasteiger partial charge in [-0.05, 0) is 30.7 Å². The lowest BCUT2D eigenvalue weighted by atomic mass is 10.0. The molecule has 0 aliphatic carbocycles. The summed E-state index contributed by atoms with van der Waals surface area (Å²) in [6.07, 6.45) is 0. The molecule has 2 rings (SSSR count). The van der Waals surface area contributed by atoms with Gasteiger partial charge in [0.1, 0.15) is 5.82 Å². The SMILES string of the molecule is COC(=O)C(C)CN(C(=O)c1cccc(F)c1)C(C)c1ccccc1. The molecule has 4 nitrogen and oxygen atoms in total. The molecule has 2 aromatic rings. The highest BCUT2D eigenvalue weighted by molar-refractivity contribution is 5.94. The highest BCUT2D eigenvalue weighted by Gasteiger charge is 2.27. The van der Waals surface area contributed by atoms with E-state index in [1.165, 1.54) is 25.3 Å². The lowest BCUT2D eigenvalue weighted by Gasteiger charge is -2.31. The van der Waals surface area contributed by atoms with Crippen molar-refractivity contribution in [1.29, 1.82) is 0 Å². The van der Waals surface area contributed by atoms with E-state index in [-0.39, 0.29) is 24.1 Å². The third-order valence-electron chi connectivity index (χ3n) is 4.16. The molecule has 2 aromatic carbocycles. The van der Waals surface area contributed by atoms with Crippen LogP contribution in [0.3, 0.4) is 0 Å². The van der Waals surface area contributed by atoms with Gasteiger partial charge in [-0.1, -0.05) is 43.3 Å². The number of carbonyl (C=O) groups excluding carboxylic acids is 2. The summed E-state index contributed by atoms with van der Waals surface area (Å²) in [6, 6.07) is 14.8. The molecule has 2 atom stereocenters. The van der Waals surface area contributed by atoms with Crippen LogP contribution >= 0.6 is 0 Å². The Kier molecular flexibility index (Phi) is 6.28. The van der Waals surface area contributed by atoms with Crippen LogP contribution in [-0.2, 0) is 9.53 Å². The zero-order valence-corrected chi connectivity index (χ0v) is 14.6. The van der Waals surface area contributed by atoms with Gasteiger partial charge in [-0.25, -0.2) is 4.39 Å². The second-order valence-corrected chi connectivity index (χ2v) is 5.98. The van der Waals surface area contributed by atoms with Crippen molar-refractivity contribution >= 4 is 11.9 Å². The molecule has 0 bridgehead atoms. The van der Waals surface area contributed by atoms with Crippen molar-refractivity contribution in [3.05, 3.63) is 71.5 Å². The highest BCUT2D eigenvalue weighted by atomic mass is 19.1. The van der Waals surface area contributed by atoms with Crippen molar-refractivity contribution in [3.63, 3.8) is 0 Å². The Bertz CT molecular complexity index is 733. The summed E-state index contributed by atoms with van der Waals surface area (Å²) >= 11 is 0. The summed E-state index contributed by atoms with van der Waals surface area (Å²) in [6.45, 7) is 3.77. The van der Waals surface area contributed by atoms with Crippen molar-refractivity contribution in [3.8, 4) is 0 Å². The summed E-state index contributed by atoms with van der Waals surface area (Å²) in [5, 5.41) is 0. The van der Waals surface area contributed by atoms with Crippen molar-refractivity contribution < 1.29 is 18.7 Å². The zero-order chi connectivity index (χ0) is 18.4. The van der Waals surface area contributed by atoms with Crippen LogP contribution in [0.25, 0.3) is 0 Å². The van der Waals surface area contributed by atoms with E-state index in [1.807, 2.05) is 37.3 Å². The molecule has 25 heavy (non-hydrogen) atoms. The molecule has 0 aromatic heterocycles. The van der Waals surface area contributed by atoms with Gasteiger partial charge in [0, 0.05) is 12.1 Å². The number of amides is 1. The lowest BCUT2D eigenvalue weighted by Crippen LogP contribution is -2.39. The Hall–Kier alpha value is -2.69. The maximum Gasteiger partial charge on any atom is 0.310 e. The minimum absolute atomic E-state index is 0.179. The van der Waals surface area contributed by atoms with Gasteiger partial charge < -0.3 is 9.64 Å². The molecule has 5 heteroatoms. The van der Waals surface area contributed by atoms with Crippen molar-refractivity contribution in [2.24, 2.45) is 5.92 Å². The van der Waals surface area contributed by atoms with Crippen LogP contribution in [0, 0.1) is 11.7 Å². The molecule has 0 N–H and O–H groups in total. The molecule has 0 aliphatic heterocycles. The Morgan fingerprint density at radius 2 is 1.76 bits per heavy atom. The Morgan fingerprint density at radius 1 is 1.08 bits per heavy atom. The summed E-state index contributed by atoms with van der Waals surface area (Å²) in [5.41, 5.74) is 1.18. The first kappa shape index (κ1) is 18.6. The predicted molar refractivity (Wildman–Crippen MR) is 93.5 cm³/mol. The number of methoxy groups -OCH3 is 1. The van der Waals surface area contributed by atoms with E-state index in [2.05, 4.69) is 0 Å². The fourth-order valence-electron chi connectivity index (χ4n) is 2.69. The van der Waals surface area contributed by atoms with E-state index in [4.69, 9.17) is 4.74 Å². The molecule has 1 amide bonds. The van der Waals surface area contributed by atoms with Crippen LogP contribution in [0.1, 0.15) is 35.8 Å². The van der Waals surface area contributed by atoms with Crippen LogP contribution in [0.2, 0.25) is 0 Å². The summed E-state index contributed by atoms with van der Waals surface area (Å²) in [4.78, 5) is 26.3. The molecule has 0 fully saturated rings. The Morgan fingerprint density at radius 3 is 2.36 bits per heavy atom. The number of hydrogen-bond donors (Lipinski definition) is 0. The normalized spacial score (nSPS) is 13.0. The number of nitrogens with zero attached hydrogens (tertiary/aromatic N) is 1. The fourth-order valence-corrected chi connectivity index (χ4v) is 2.69. The Balaban J connectivity index is 2.34. The van der Waals surface area contributed by atoms with Gasteiger partial charge in [-0.2, -0.15) is 0 Å². The molecule has 0 spiro atoms. The highest BCUT2D eigenvalue weighted by Crippen LogP contribution is 2.24. The van der Waals surface area contributed by atoms with Crippen molar-refractivity contribution in [2.75, 3.05) is 13.7 Å². The van der Waals surface area contributed by atoms with Crippen LogP contribution in [-0.4, -0.2) is 30.4 Å². The van der Waals surface area contributed by atoms with Gasteiger partial charge in [0.2, 0.25) is 0 Å². The summed E-state index contributed by atoms with van der Waals surface area (Å²) < 4.78 is 18.3. The van der Waals surface area contributed by atoms with E-state index in [1.54, 1.807) is 17.9 Å². The van der Waals surface area contributed by atoms with Gasteiger partial charge in [-0.15, -0.1) is 0 Å².